The van der Waals surface area contributed by atoms with Gasteiger partial charge in [0.15, 0.2) is 0 Å². The second-order valence-corrected chi connectivity index (χ2v) is 8.50. The van der Waals surface area contributed by atoms with Crippen LogP contribution >= 0.6 is 0 Å². The number of allylic oxidation sites excluding steroid dienone is 2. The molecule has 1 aliphatic rings. The zero-order valence-electron chi connectivity index (χ0n) is 19.2. The van der Waals surface area contributed by atoms with Gasteiger partial charge in [-0.3, -0.25) is 4.79 Å². The molecule has 6 heteroatoms. The number of esters is 1. The molecule has 0 spiro atoms. The maximum atomic E-state index is 11.7. The first-order valence-electron chi connectivity index (χ1n) is 11.7. The lowest BCUT2D eigenvalue weighted by atomic mass is 9.89. The summed E-state index contributed by atoms with van der Waals surface area (Å²) in [4.78, 5) is 11.7. The number of ether oxygens (including phenoxy) is 2. The van der Waals surface area contributed by atoms with Crippen molar-refractivity contribution in [2.45, 2.75) is 76.8 Å². The number of rotatable bonds is 13. The molecule has 0 radical (unpaired) electrons. The monoisotopic (exact) mass is 446 g/mol. The SMILES string of the molecule is CCC(C)OC(=O)CCCC=CCC1C(C=C[C@@H](O)COc2ccccc2)[C@H](O)C[C@@H]1O. The summed E-state index contributed by atoms with van der Waals surface area (Å²) in [7, 11) is 0. The largest absolute Gasteiger partial charge is 0.491 e. The quantitative estimate of drug-likeness (QED) is 0.242. The maximum Gasteiger partial charge on any atom is 0.306 e. The normalized spacial score (nSPS) is 25.3. The van der Waals surface area contributed by atoms with Crippen molar-refractivity contribution in [3.05, 3.63) is 54.6 Å². The molecule has 1 aromatic carbocycles. The first kappa shape index (κ1) is 26.1. The van der Waals surface area contributed by atoms with Crippen molar-refractivity contribution in [3.8, 4) is 5.75 Å². The second-order valence-electron chi connectivity index (χ2n) is 8.50. The van der Waals surface area contributed by atoms with Crippen LogP contribution in [-0.4, -0.2) is 52.3 Å². The van der Waals surface area contributed by atoms with Crippen LogP contribution in [0.25, 0.3) is 0 Å². The van der Waals surface area contributed by atoms with E-state index in [0.29, 0.717) is 25.0 Å². The van der Waals surface area contributed by atoms with Crippen molar-refractivity contribution >= 4 is 5.97 Å². The Morgan fingerprint density at radius 1 is 1.19 bits per heavy atom. The van der Waals surface area contributed by atoms with Crippen molar-refractivity contribution in [3.63, 3.8) is 0 Å². The van der Waals surface area contributed by atoms with E-state index in [1.807, 2.05) is 56.3 Å². The van der Waals surface area contributed by atoms with Gasteiger partial charge in [0.25, 0.3) is 0 Å². The Morgan fingerprint density at radius 3 is 2.66 bits per heavy atom. The average Bonchev–Trinajstić information content (AvgIpc) is 3.05. The molecule has 178 valence electrons. The molecule has 1 fully saturated rings. The molecule has 3 unspecified atom stereocenters. The predicted octanol–water partition coefficient (Wildman–Crippen LogP) is 3.80. The average molecular weight is 447 g/mol. The topological polar surface area (TPSA) is 96.2 Å². The fourth-order valence-corrected chi connectivity index (χ4v) is 3.82. The molecule has 0 bridgehead atoms. The van der Waals surface area contributed by atoms with Crippen molar-refractivity contribution in [2.24, 2.45) is 11.8 Å². The van der Waals surface area contributed by atoms with Crippen LogP contribution in [0.3, 0.4) is 0 Å². The van der Waals surface area contributed by atoms with Gasteiger partial charge >= 0.3 is 5.97 Å². The fraction of sp³-hybridized carbons (Fsp3) is 0.577. The number of carbonyl (C=O) groups is 1. The van der Waals surface area contributed by atoms with Gasteiger partial charge in [0, 0.05) is 18.8 Å². The minimum Gasteiger partial charge on any atom is -0.491 e. The molecule has 32 heavy (non-hydrogen) atoms. The highest BCUT2D eigenvalue weighted by atomic mass is 16.5. The number of hydrogen-bond donors (Lipinski definition) is 3. The summed E-state index contributed by atoms with van der Waals surface area (Å²) in [6.45, 7) is 3.99. The van der Waals surface area contributed by atoms with Gasteiger partial charge in [-0.2, -0.15) is 0 Å². The third kappa shape index (κ3) is 9.15. The molecular formula is C26H38O6. The number of unbranched alkanes of at least 4 members (excludes halogenated alkanes) is 1. The Balaban J connectivity index is 1.75. The smallest absolute Gasteiger partial charge is 0.306 e. The van der Waals surface area contributed by atoms with Crippen LogP contribution in [0.1, 0.15) is 52.4 Å². The molecule has 0 aliphatic heterocycles. The zero-order chi connectivity index (χ0) is 23.3. The Bertz CT molecular complexity index is 716. The van der Waals surface area contributed by atoms with Crippen LogP contribution in [0.2, 0.25) is 0 Å². The summed E-state index contributed by atoms with van der Waals surface area (Å²) >= 11 is 0. The van der Waals surface area contributed by atoms with Crippen LogP contribution in [0.15, 0.2) is 54.6 Å². The Kier molecular flexibility index (Phi) is 11.5. The van der Waals surface area contributed by atoms with E-state index in [-0.39, 0.29) is 30.5 Å². The van der Waals surface area contributed by atoms with Crippen molar-refractivity contribution in [1.29, 1.82) is 0 Å². The molecular weight excluding hydrogens is 408 g/mol. The molecule has 3 N–H and O–H groups in total. The molecule has 0 saturated heterocycles. The van der Waals surface area contributed by atoms with E-state index in [2.05, 4.69) is 0 Å². The van der Waals surface area contributed by atoms with Crippen LogP contribution in [0.4, 0.5) is 0 Å². The minimum atomic E-state index is -0.800. The molecule has 1 aliphatic carbocycles. The van der Waals surface area contributed by atoms with E-state index < -0.39 is 18.3 Å². The van der Waals surface area contributed by atoms with Gasteiger partial charge in [0.1, 0.15) is 18.5 Å². The van der Waals surface area contributed by atoms with Crippen LogP contribution in [0, 0.1) is 11.8 Å². The van der Waals surface area contributed by atoms with E-state index in [9.17, 15) is 20.1 Å². The molecule has 6 nitrogen and oxygen atoms in total. The van der Waals surface area contributed by atoms with Gasteiger partial charge in [-0.15, -0.1) is 0 Å². The van der Waals surface area contributed by atoms with Crippen LogP contribution < -0.4 is 4.74 Å². The number of aliphatic hydroxyl groups is 3. The lowest BCUT2D eigenvalue weighted by Gasteiger charge is -2.19. The first-order valence-corrected chi connectivity index (χ1v) is 11.7. The Hall–Kier alpha value is -2.15. The summed E-state index contributed by atoms with van der Waals surface area (Å²) < 4.78 is 10.8. The molecule has 2 rings (SSSR count). The van der Waals surface area contributed by atoms with Gasteiger partial charge in [0.2, 0.25) is 0 Å². The number of hydrogen-bond acceptors (Lipinski definition) is 6. The van der Waals surface area contributed by atoms with Gasteiger partial charge in [0.05, 0.1) is 18.3 Å². The highest BCUT2D eigenvalue weighted by Crippen LogP contribution is 2.36. The van der Waals surface area contributed by atoms with E-state index in [1.165, 1.54) is 0 Å². The summed E-state index contributed by atoms with van der Waals surface area (Å²) in [6.07, 6.45) is 9.01. The lowest BCUT2D eigenvalue weighted by molar-refractivity contribution is -0.148. The van der Waals surface area contributed by atoms with Crippen molar-refractivity contribution in [1.82, 2.24) is 0 Å². The predicted molar refractivity (Wildman–Crippen MR) is 124 cm³/mol. The Labute approximate surface area is 191 Å². The third-order valence-corrected chi connectivity index (χ3v) is 5.87. The summed E-state index contributed by atoms with van der Waals surface area (Å²) in [5.41, 5.74) is 0. The highest BCUT2D eigenvalue weighted by molar-refractivity contribution is 5.69. The van der Waals surface area contributed by atoms with E-state index in [4.69, 9.17) is 9.47 Å². The van der Waals surface area contributed by atoms with E-state index in [0.717, 1.165) is 19.3 Å². The lowest BCUT2D eigenvalue weighted by Crippen LogP contribution is -2.21. The minimum absolute atomic E-state index is 0.0401. The molecule has 0 amide bonds. The molecule has 0 aromatic heterocycles. The van der Waals surface area contributed by atoms with Gasteiger partial charge in [-0.25, -0.2) is 0 Å². The van der Waals surface area contributed by atoms with E-state index >= 15 is 0 Å². The van der Waals surface area contributed by atoms with Crippen LogP contribution in [0.5, 0.6) is 5.75 Å². The summed E-state index contributed by atoms with van der Waals surface area (Å²) in [5.74, 6) is 0.177. The zero-order valence-corrected chi connectivity index (χ0v) is 19.2. The van der Waals surface area contributed by atoms with Gasteiger partial charge < -0.3 is 24.8 Å². The summed E-state index contributed by atoms with van der Waals surface area (Å²) in [5, 5.41) is 30.9. The standard InChI is InChI=1S/C26H38O6/c1-3-19(2)32-26(30)14-10-5-4-9-13-22-23(25(29)17-24(22)28)16-15-20(27)18-31-21-11-7-6-8-12-21/h4,6-9,11-12,15-16,19-20,22-25,27-29H,3,5,10,13-14,17-18H2,1-2H3/t19?,20-,22?,23?,24+,25-/m1/s1. The number of benzene rings is 1. The number of para-hydroxylation sites is 1. The molecule has 6 atom stereocenters. The molecule has 0 heterocycles. The molecule has 1 aromatic rings. The number of aliphatic hydroxyl groups excluding tert-OH is 3. The third-order valence-electron chi connectivity index (χ3n) is 5.87. The summed E-state index contributed by atoms with van der Waals surface area (Å²) in [6, 6.07) is 9.27. The van der Waals surface area contributed by atoms with Crippen molar-refractivity contribution in [2.75, 3.05) is 6.61 Å². The first-order chi connectivity index (χ1) is 15.4. The van der Waals surface area contributed by atoms with Gasteiger partial charge in [-0.05, 0) is 50.7 Å². The highest BCUT2D eigenvalue weighted by Gasteiger charge is 2.39. The number of carbonyl (C=O) groups excluding carboxylic acids is 1. The van der Waals surface area contributed by atoms with Crippen LogP contribution in [-0.2, 0) is 9.53 Å². The fourth-order valence-electron chi connectivity index (χ4n) is 3.82. The van der Waals surface area contributed by atoms with Crippen molar-refractivity contribution < 1.29 is 29.6 Å². The Morgan fingerprint density at radius 2 is 1.94 bits per heavy atom. The molecule has 1 saturated carbocycles. The maximum absolute atomic E-state index is 11.7. The van der Waals surface area contributed by atoms with Gasteiger partial charge in [-0.1, -0.05) is 49.4 Å². The second kappa shape index (κ2) is 14.1. The van der Waals surface area contributed by atoms with E-state index in [1.54, 1.807) is 12.2 Å².